The minimum Gasteiger partial charge on any atom is -0.497 e. The summed E-state index contributed by atoms with van der Waals surface area (Å²) in [5.41, 5.74) is 3.87. The van der Waals surface area contributed by atoms with Gasteiger partial charge in [0, 0.05) is 36.5 Å². The minimum atomic E-state index is 0.245. The van der Waals surface area contributed by atoms with Gasteiger partial charge in [0.15, 0.2) is 0 Å². The molecule has 2 unspecified atom stereocenters. The van der Waals surface area contributed by atoms with Gasteiger partial charge in [-0.05, 0) is 111 Å². The molecule has 35 heavy (non-hydrogen) atoms. The molecule has 6 atom stereocenters. The van der Waals surface area contributed by atoms with E-state index in [-0.39, 0.29) is 5.41 Å². The molecule has 0 radical (unpaired) electrons. The molecule has 0 spiro atoms. The molecule has 0 aromatic heterocycles. The maximum absolute atomic E-state index is 13.9. The highest BCUT2D eigenvalue weighted by molar-refractivity contribution is 5.80. The Balaban J connectivity index is 1.22. The summed E-state index contributed by atoms with van der Waals surface area (Å²) in [6.45, 7) is 3.63. The fraction of sp³-hybridized carbons (Fsp3) is 0.774. The van der Waals surface area contributed by atoms with Crippen molar-refractivity contribution in [1.82, 2.24) is 9.80 Å². The first-order chi connectivity index (χ1) is 17.1. The predicted octanol–water partition coefficient (Wildman–Crippen LogP) is 5.18. The lowest BCUT2D eigenvalue weighted by atomic mass is 9.43. The van der Waals surface area contributed by atoms with Gasteiger partial charge in [-0.2, -0.15) is 0 Å². The van der Waals surface area contributed by atoms with E-state index < -0.39 is 0 Å². The van der Waals surface area contributed by atoms with Gasteiger partial charge in [0.1, 0.15) is 5.75 Å². The Morgan fingerprint density at radius 3 is 2.74 bits per heavy atom. The van der Waals surface area contributed by atoms with Gasteiger partial charge in [0.2, 0.25) is 5.91 Å². The highest BCUT2D eigenvalue weighted by Gasteiger charge is 2.76. The van der Waals surface area contributed by atoms with Gasteiger partial charge in [0.25, 0.3) is 0 Å². The van der Waals surface area contributed by atoms with Crippen molar-refractivity contribution in [2.24, 2.45) is 29.1 Å². The predicted molar refractivity (Wildman–Crippen MR) is 136 cm³/mol. The van der Waals surface area contributed by atoms with E-state index in [1.807, 2.05) is 7.11 Å². The monoisotopic (exact) mass is 474 g/mol. The average molecular weight is 475 g/mol. The number of methoxy groups -OCH3 is 1. The molecule has 0 N–H and O–H groups in total. The SMILES string of the molecule is COc1ccc2c(c1)[C@]13CCN(CC4CC4)[C@H](C2)[C@]12CCC1C3[C@@H](CN1C(=O)C1CCCCC1)C2. The number of hydrogen-bond acceptors (Lipinski definition) is 3. The molecule has 2 aliphatic heterocycles. The molecular formula is C31H42N2O2. The van der Waals surface area contributed by atoms with Crippen molar-refractivity contribution in [2.75, 3.05) is 26.7 Å². The number of carbonyl (C=O) groups is 1. The Kier molecular flexibility index (Phi) is 4.61. The van der Waals surface area contributed by atoms with Crippen LogP contribution in [0.2, 0.25) is 0 Å². The lowest BCUT2D eigenvalue weighted by molar-refractivity contribution is -0.144. The topological polar surface area (TPSA) is 32.8 Å². The van der Waals surface area contributed by atoms with Gasteiger partial charge in [-0.15, -0.1) is 0 Å². The quantitative estimate of drug-likeness (QED) is 0.603. The molecule has 1 amide bonds. The highest BCUT2D eigenvalue weighted by atomic mass is 16.5. The van der Waals surface area contributed by atoms with E-state index in [2.05, 4.69) is 28.0 Å². The standard InChI is InChI=1S/C31H42N2O2/c1-35-24-10-9-22-15-27-30-12-11-26-28(23(17-30)19-33(26)29(34)21-5-3-2-4-6-21)31(30,25(22)16-24)13-14-32(27)18-20-7-8-20/h9-10,16,20-21,23,26-28H,2-8,11-15,17-19H2,1H3/t23-,26?,27-,28?,30-,31+/m1/s1. The third-order valence-corrected chi connectivity index (χ3v) is 12.2. The van der Waals surface area contributed by atoms with Crippen molar-refractivity contribution in [1.29, 1.82) is 0 Å². The number of hydrogen-bond donors (Lipinski definition) is 0. The number of piperidine rings is 1. The average Bonchev–Trinajstić information content (AvgIpc) is 3.59. The van der Waals surface area contributed by atoms with Gasteiger partial charge >= 0.3 is 0 Å². The summed E-state index contributed by atoms with van der Waals surface area (Å²) in [7, 11) is 1.82. The van der Waals surface area contributed by atoms with E-state index in [0.29, 0.717) is 41.2 Å². The minimum absolute atomic E-state index is 0.245. The van der Waals surface area contributed by atoms with Gasteiger partial charge in [0.05, 0.1) is 7.11 Å². The molecule has 1 aromatic rings. The number of amides is 1. The molecular weight excluding hydrogens is 432 g/mol. The molecule has 5 aliphatic carbocycles. The van der Waals surface area contributed by atoms with Crippen molar-refractivity contribution < 1.29 is 9.53 Å². The van der Waals surface area contributed by atoms with Crippen molar-refractivity contribution in [2.45, 2.75) is 94.5 Å². The molecule has 188 valence electrons. The van der Waals surface area contributed by atoms with Gasteiger partial charge in [-0.25, -0.2) is 0 Å². The van der Waals surface area contributed by atoms with Gasteiger partial charge in [-0.1, -0.05) is 25.3 Å². The maximum atomic E-state index is 13.9. The number of carbonyl (C=O) groups excluding carboxylic acids is 1. The van der Waals surface area contributed by atoms with Crippen LogP contribution in [0.1, 0.15) is 81.8 Å². The van der Waals surface area contributed by atoms with E-state index in [4.69, 9.17) is 4.74 Å². The molecule has 4 heteroatoms. The van der Waals surface area contributed by atoms with E-state index >= 15 is 0 Å². The molecule has 2 heterocycles. The smallest absolute Gasteiger partial charge is 0.225 e. The van der Waals surface area contributed by atoms with Crippen LogP contribution in [-0.4, -0.2) is 54.5 Å². The van der Waals surface area contributed by atoms with E-state index in [9.17, 15) is 4.79 Å². The van der Waals surface area contributed by atoms with Crippen LogP contribution >= 0.6 is 0 Å². The van der Waals surface area contributed by atoms with E-state index in [1.165, 1.54) is 77.3 Å². The van der Waals surface area contributed by atoms with E-state index in [0.717, 1.165) is 31.1 Å². The van der Waals surface area contributed by atoms with Crippen LogP contribution in [0.4, 0.5) is 0 Å². The van der Waals surface area contributed by atoms with Crippen LogP contribution in [0.25, 0.3) is 0 Å². The largest absolute Gasteiger partial charge is 0.497 e. The Labute approximate surface area is 210 Å². The second kappa shape index (κ2) is 7.49. The lowest BCUT2D eigenvalue weighted by Crippen LogP contribution is -2.70. The zero-order valence-electron chi connectivity index (χ0n) is 21.5. The zero-order valence-corrected chi connectivity index (χ0v) is 21.5. The third-order valence-electron chi connectivity index (χ3n) is 12.2. The summed E-state index contributed by atoms with van der Waals surface area (Å²) in [5, 5.41) is 0. The molecule has 1 aromatic carbocycles. The molecule has 7 aliphatic rings. The fourth-order valence-electron chi connectivity index (χ4n) is 10.9. The second-order valence-corrected chi connectivity index (χ2v) is 13.5. The number of ether oxygens (including phenoxy) is 1. The summed E-state index contributed by atoms with van der Waals surface area (Å²) in [6.07, 6.45) is 15.4. The maximum Gasteiger partial charge on any atom is 0.225 e. The number of rotatable bonds is 4. The number of likely N-dealkylation sites (tertiary alicyclic amines) is 2. The zero-order chi connectivity index (χ0) is 23.4. The van der Waals surface area contributed by atoms with Crippen molar-refractivity contribution >= 4 is 5.91 Å². The summed E-state index contributed by atoms with van der Waals surface area (Å²) >= 11 is 0. The molecule has 4 saturated carbocycles. The third kappa shape index (κ3) is 2.76. The van der Waals surface area contributed by atoms with Crippen molar-refractivity contribution in [3.05, 3.63) is 29.3 Å². The Morgan fingerprint density at radius 1 is 1.09 bits per heavy atom. The van der Waals surface area contributed by atoms with Crippen LogP contribution in [0, 0.1) is 29.1 Å². The first kappa shape index (κ1) is 21.5. The molecule has 6 fully saturated rings. The Bertz CT molecular complexity index is 1040. The number of nitrogens with zero attached hydrogens (tertiary/aromatic N) is 2. The second-order valence-electron chi connectivity index (χ2n) is 13.5. The van der Waals surface area contributed by atoms with Crippen LogP contribution in [0.3, 0.4) is 0 Å². The molecule has 4 nitrogen and oxygen atoms in total. The Morgan fingerprint density at radius 2 is 1.94 bits per heavy atom. The van der Waals surface area contributed by atoms with Crippen LogP contribution in [0.5, 0.6) is 5.75 Å². The van der Waals surface area contributed by atoms with Crippen molar-refractivity contribution in [3.63, 3.8) is 0 Å². The summed E-state index contributed by atoms with van der Waals surface area (Å²) in [5.74, 6) is 4.16. The highest BCUT2D eigenvalue weighted by Crippen LogP contribution is 2.75. The summed E-state index contributed by atoms with van der Waals surface area (Å²) in [4.78, 5) is 19.3. The van der Waals surface area contributed by atoms with Crippen LogP contribution in [-0.2, 0) is 16.6 Å². The van der Waals surface area contributed by atoms with Gasteiger partial charge < -0.3 is 9.64 Å². The number of benzene rings is 1. The Hall–Kier alpha value is -1.55. The van der Waals surface area contributed by atoms with E-state index in [1.54, 1.807) is 11.1 Å². The normalized spacial score (nSPS) is 42.0. The molecule has 2 saturated heterocycles. The fourth-order valence-corrected chi connectivity index (χ4v) is 10.9. The summed E-state index contributed by atoms with van der Waals surface area (Å²) < 4.78 is 5.80. The van der Waals surface area contributed by atoms with Crippen LogP contribution < -0.4 is 4.74 Å². The van der Waals surface area contributed by atoms with Crippen LogP contribution in [0.15, 0.2) is 18.2 Å². The molecule has 8 rings (SSSR count). The first-order valence-corrected chi connectivity index (χ1v) is 14.9. The summed E-state index contributed by atoms with van der Waals surface area (Å²) in [6, 6.07) is 8.21. The molecule has 4 bridgehead atoms. The first-order valence-electron chi connectivity index (χ1n) is 14.9. The van der Waals surface area contributed by atoms with Crippen molar-refractivity contribution in [3.8, 4) is 5.75 Å². The lowest BCUT2D eigenvalue weighted by Gasteiger charge is -2.66. The number of fused-ring (bicyclic) bond motifs is 1. The van der Waals surface area contributed by atoms with Gasteiger partial charge in [-0.3, -0.25) is 9.69 Å².